The molecule has 174 valence electrons. The molecule has 2 aromatic rings. The van der Waals surface area contributed by atoms with Gasteiger partial charge in [0.25, 0.3) is 5.91 Å². The highest BCUT2D eigenvalue weighted by atomic mass is 19.4. The average molecular weight is 456 g/mol. The number of alkyl halides is 3. The molecule has 0 bridgehead atoms. The van der Waals surface area contributed by atoms with Crippen molar-refractivity contribution in [3.8, 4) is 5.69 Å². The number of nitrogens with zero attached hydrogens (tertiary/aromatic N) is 4. The maximum Gasteiger partial charge on any atom is 0.433 e. The zero-order valence-corrected chi connectivity index (χ0v) is 17.9. The fraction of sp³-hybridized carbons (Fsp3) is 0.500. The van der Waals surface area contributed by atoms with Gasteiger partial charge in [0.1, 0.15) is 11.3 Å². The van der Waals surface area contributed by atoms with Crippen LogP contribution in [-0.2, 0) is 25.2 Å². The molecule has 0 unspecified atom stereocenters. The summed E-state index contributed by atoms with van der Waals surface area (Å²) in [4.78, 5) is 29.6. The highest BCUT2D eigenvalue weighted by Crippen LogP contribution is 2.29. The molecule has 1 amide bonds. The number of amides is 1. The second-order valence-electron chi connectivity index (χ2n) is 8.21. The van der Waals surface area contributed by atoms with Crippen LogP contribution in [0.15, 0.2) is 24.4 Å². The molecule has 1 N–H and O–H groups in total. The van der Waals surface area contributed by atoms with E-state index < -0.39 is 41.6 Å². The first kappa shape index (κ1) is 23.7. The normalized spacial score (nSPS) is 18.6. The zero-order chi connectivity index (χ0) is 23.8. The molecule has 1 aliphatic rings. The first-order valence-electron chi connectivity index (χ1n) is 9.72. The number of hydrogen-bond donors (Lipinski definition) is 1. The van der Waals surface area contributed by atoms with Crippen molar-refractivity contribution in [2.45, 2.75) is 51.7 Å². The van der Waals surface area contributed by atoms with Gasteiger partial charge in [0.2, 0.25) is 0 Å². The van der Waals surface area contributed by atoms with Crippen molar-refractivity contribution in [3.63, 3.8) is 0 Å². The molecular formula is C20H23F3N4O5. The van der Waals surface area contributed by atoms with Gasteiger partial charge in [-0.15, -0.1) is 5.10 Å². The lowest BCUT2D eigenvalue weighted by Crippen LogP contribution is -2.55. The van der Waals surface area contributed by atoms with E-state index >= 15 is 0 Å². The van der Waals surface area contributed by atoms with E-state index in [2.05, 4.69) is 10.1 Å². The molecule has 3 heterocycles. The van der Waals surface area contributed by atoms with Crippen molar-refractivity contribution >= 4 is 17.7 Å². The Morgan fingerprint density at radius 1 is 1.31 bits per heavy atom. The molecule has 1 fully saturated rings. The van der Waals surface area contributed by atoms with E-state index in [1.54, 1.807) is 27.7 Å². The Morgan fingerprint density at radius 2 is 2.00 bits per heavy atom. The van der Waals surface area contributed by atoms with E-state index in [1.165, 1.54) is 21.7 Å². The molecule has 2 atom stereocenters. The van der Waals surface area contributed by atoms with Crippen LogP contribution in [-0.4, -0.2) is 62.7 Å². The lowest BCUT2D eigenvalue weighted by atomic mass is 10.1. The standard InChI is InChI=1S/C20H23F3N4O5/c1-11-9-14(25-27(11)12-5-6-24-13(10-12)20(21,22)23)26-7-8-31-16(17(26)29)15(28)18(30)32-19(2,3)4/h5-6,9-10,15-16,28H,7-8H2,1-4H3/t15-,16-/m1/s1. The van der Waals surface area contributed by atoms with Crippen LogP contribution in [0.1, 0.15) is 32.2 Å². The molecule has 3 rings (SSSR count). The van der Waals surface area contributed by atoms with Gasteiger partial charge in [0.15, 0.2) is 18.0 Å². The minimum Gasteiger partial charge on any atom is -0.458 e. The SMILES string of the molecule is Cc1cc(N2CCO[C@H]([C@@H](O)C(=O)OC(C)(C)C)C2=O)nn1-c1ccnc(C(F)(F)F)c1. The summed E-state index contributed by atoms with van der Waals surface area (Å²) in [7, 11) is 0. The van der Waals surface area contributed by atoms with Crippen LogP contribution in [0.5, 0.6) is 0 Å². The van der Waals surface area contributed by atoms with Gasteiger partial charge in [-0.1, -0.05) is 0 Å². The average Bonchev–Trinajstić information content (AvgIpc) is 3.07. The summed E-state index contributed by atoms with van der Waals surface area (Å²) in [5, 5.41) is 14.5. The number of morpholine rings is 1. The molecule has 1 aliphatic heterocycles. The smallest absolute Gasteiger partial charge is 0.433 e. The van der Waals surface area contributed by atoms with Gasteiger partial charge in [-0.3, -0.25) is 14.7 Å². The Labute approximate surface area is 181 Å². The van der Waals surface area contributed by atoms with Crippen molar-refractivity contribution in [1.82, 2.24) is 14.8 Å². The molecule has 0 aliphatic carbocycles. The van der Waals surface area contributed by atoms with Crippen LogP contribution < -0.4 is 4.90 Å². The number of carbonyl (C=O) groups is 2. The molecule has 0 spiro atoms. The lowest BCUT2D eigenvalue weighted by molar-refractivity contribution is -0.177. The third kappa shape index (κ3) is 5.07. The quantitative estimate of drug-likeness (QED) is 0.702. The molecule has 1 saturated heterocycles. The number of hydrogen-bond acceptors (Lipinski definition) is 7. The van der Waals surface area contributed by atoms with E-state index in [0.29, 0.717) is 5.69 Å². The topological polar surface area (TPSA) is 107 Å². The van der Waals surface area contributed by atoms with Gasteiger partial charge in [0.05, 0.1) is 18.8 Å². The van der Waals surface area contributed by atoms with E-state index in [1.807, 2.05) is 0 Å². The number of pyridine rings is 1. The fourth-order valence-corrected chi connectivity index (χ4v) is 3.10. The Morgan fingerprint density at radius 3 is 2.62 bits per heavy atom. The summed E-state index contributed by atoms with van der Waals surface area (Å²) < 4.78 is 50.6. The highest BCUT2D eigenvalue weighted by Gasteiger charge is 2.42. The second-order valence-corrected chi connectivity index (χ2v) is 8.21. The van der Waals surface area contributed by atoms with Gasteiger partial charge in [-0.05, 0) is 39.8 Å². The predicted octanol–water partition coefficient (Wildman–Crippen LogP) is 2.03. The number of halogens is 3. The van der Waals surface area contributed by atoms with Crippen LogP contribution >= 0.6 is 0 Å². The molecule has 0 saturated carbocycles. The van der Waals surface area contributed by atoms with E-state index in [-0.39, 0.29) is 24.7 Å². The molecule has 2 aromatic heterocycles. The number of anilines is 1. The highest BCUT2D eigenvalue weighted by molar-refractivity contribution is 5.99. The number of aryl methyl sites for hydroxylation is 1. The first-order valence-corrected chi connectivity index (χ1v) is 9.72. The van der Waals surface area contributed by atoms with E-state index in [9.17, 15) is 27.9 Å². The summed E-state index contributed by atoms with van der Waals surface area (Å²) in [6, 6.07) is 3.71. The maximum atomic E-state index is 13.0. The fourth-order valence-electron chi connectivity index (χ4n) is 3.10. The summed E-state index contributed by atoms with van der Waals surface area (Å²) in [6.07, 6.45) is -6.94. The van der Waals surface area contributed by atoms with Gasteiger partial charge in [-0.2, -0.15) is 13.2 Å². The zero-order valence-electron chi connectivity index (χ0n) is 17.9. The minimum absolute atomic E-state index is 0.00957. The maximum absolute atomic E-state index is 13.0. The lowest BCUT2D eigenvalue weighted by Gasteiger charge is -2.33. The Hall–Kier alpha value is -2.99. The monoisotopic (exact) mass is 456 g/mol. The number of aliphatic hydroxyl groups excluding tert-OH is 1. The number of rotatable bonds is 4. The predicted molar refractivity (Wildman–Crippen MR) is 105 cm³/mol. The Kier molecular flexibility index (Phi) is 6.29. The number of carbonyl (C=O) groups excluding carboxylic acids is 2. The Bertz CT molecular complexity index is 1020. The summed E-state index contributed by atoms with van der Waals surface area (Å²) in [6.45, 7) is 6.55. The van der Waals surface area contributed by atoms with Crippen molar-refractivity contribution in [2.24, 2.45) is 0 Å². The van der Waals surface area contributed by atoms with Gasteiger partial charge < -0.3 is 14.6 Å². The largest absolute Gasteiger partial charge is 0.458 e. The first-order chi connectivity index (χ1) is 14.8. The van der Waals surface area contributed by atoms with Crippen LogP contribution in [0.3, 0.4) is 0 Å². The number of aromatic nitrogens is 3. The van der Waals surface area contributed by atoms with Crippen molar-refractivity contribution in [3.05, 3.63) is 35.8 Å². The van der Waals surface area contributed by atoms with Gasteiger partial charge in [-0.25, -0.2) is 9.48 Å². The van der Waals surface area contributed by atoms with Crippen LogP contribution in [0.4, 0.5) is 19.0 Å². The summed E-state index contributed by atoms with van der Waals surface area (Å²) in [5.41, 5.74) is -1.37. The number of aliphatic hydroxyl groups is 1. The molecule has 9 nitrogen and oxygen atoms in total. The van der Waals surface area contributed by atoms with Crippen molar-refractivity contribution in [1.29, 1.82) is 0 Å². The van der Waals surface area contributed by atoms with Crippen LogP contribution in [0.2, 0.25) is 0 Å². The number of ether oxygens (including phenoxy) is 2. The summed E-state index contributed by atoms with van der Waals surface area (Å²) >= 11 is 0. The van der Waals surface area contributed by atoms with Crippen LogP contribution in [0, 0.1) is 6.92 Å². The second kappa shape index (κ2) is 8.51. The molecular weight excluding hydrogens is 433 g/mol. The van der Waals surface area contributed by atoms with E-state index in [0.717, 1.165) is 12.3 Å². The molecule has 12 heteroatoms. The molecule has 0 aromatic carbocycles. The third-order valence-corrected chi connectivity index (χ3v) is 4.49. The Balaban J connectivity index is 1.85. The number of esters is 1. The summed E-state index contributed by atoms with van der Waals surface area (Å²) in [5.74, 6) is -1.58. The van der Waals surface area contributed by atoms with Gasteiger partial charge >= 0.3 is 12.1 Å². The van der Waals surface area contributed by atoms with E-state index in [4.69, 9.17) is 9.47 Å². The van der Waals surface area contributed by atoms with Crippen molar-refractivity contribution < 1.29 is 37.3 Å². The molecule has 0 radical (unpaired) electrons. The van der Waals surface area contributed by atoms with Crippen molar-refractivity contribution in [2.75, 3.05) is 18.1 Å². The van der Waals surface area contributed by atoms with Gasteiger partial charge in [0, 0.05) is 18.0 Å². The molecule has 32 heavy (non-hydrogen) atoms. The minimum atomic E-state index is -4.62. The van der Waals surface area contributed by atoms with Crippen LogP contribution in [0.25, 0.3) is 5.69 Å². The third-order valence-electron chi connectivity index (χ3n) is 4.49.